The van der Waals surface area contributed by atoms with Gasteiger partial charge in [-0.15, -0.1) is 0 Å². The number of pyridine rings is 1. The van der Waals surface area contributed by atoms with E-state index in [-0.39, 0.29) is 5.91 Å². The molecule has 1 aliphatic rings. The quantitative estimate of drug-likeness (QED) is 0.818. The molecular weight excluding hydrogens is 385 g/mol. The van der Waals surface area contributed by atoms with Crippen molar-refractivity contribution in [3.05, 3.63) is 57.7 Å². The summed E-state index contributed by atoms with van der Waals surface area (Å²) in [5.74, 6) is 0.825. The molecule has 5 nitrogen and oxygen atoms in total. The van der Waals surface area contributed by atoms with Gasteiger partial charge in [-0.3, -0.25) is 4.79 Å². The largest absolute Gasteiger partial charge is 0.381 e. The monoisotopic (exact) mass is 407 g/mol. The van der Waals surface area contributed by atoms with Crippen LogP contribution in [0.15, 0.2) is 36.5 Å². The number of carbonyl (C=O) groups excluding carboxylic acids is 1. The minimum absolute atomic E-state index is 0.0493. The van der Waals surface area contributed by atoms with E-state index in [1.165, 1.54) is 0 Å². The standard InChI is InChI=1S/C20H23Cl2N3O2/c1-25(2)18-6-3-14(12-23-18)13-24-19(26)20(7-9-27-10-8-20)16-5-4-15(21)11-17(16)22/h3-6,11-12H,7-10,13H2,1-2H3,(H,24,26). The summed E-state index contributed by atoms with van der Waals surface area (Å²) in [6.07, 6.45) is 2.94. The first-order chi connectivity index (χ1) is 12.9. The molecule has 7 heteroatoms. The van der Waals surface area contributed by atoms with Crippen molar-refractivity contribution in [1.82, 2.24) is 10.3 Å². The Kier molecular flexibility index (Phi) is 6.25. The number of hydrogen-bond acceptors (Lipinski definition) is 4. The van der Waals surface area contributed by atoms with Crippen LogP contribution in [0.2, 0.25) is 10.0 Å². The fraction of sp³-hybridized carbons (Fsp3) is 0.400. The Morgan fingerprint density at radius 3 is 2.56 bits per heavy atom. The first-order valence-corrected chi connectivity index (χ1v) is 9.62. The van der Waals surface area contributed by atoms with Crippen LogP contribution in [0, 0.1) is 0 Å². The third kappa shape index (κ3) is 4.37. The number of anilines is 1. The molecule has 1 N–H and O–H groups in total. The van der Waals surface area contributed by atoms with Gasteiger partial charge in [-0.25, -0.2) is 4.98 Å². The van der Waals surface area contributed by atoms with E-state index < -0.39 is 5.41 Å². The molecule has 1 fully saturated rings. The van der Waals surface area contributed by atoms with Crippen molar-refractivity contribution < 1.29 is 9.53 Å². The number of aromatic nitrogens is 1. The Balaban J connectivity index is 1.79. The van der Waals surface area contributed by atoms with E-state index in [4.69, 9.17) is 27.9 Å². The number of nitrogens with one attached hydrogen (secondary N) is 1. The summed E-state index contributed by atoms with van der Waals surface area (Å²) in [5, 5.41) is 4.12. The Hall–Kier alpha value is -1.82. The van der Waals surface area contributed by atoms with E-state index in [9.17, 15) is 4.79 Å². The molecule has 0 aliphatic carbocycles. The average molecular weight is 408 g/mol. The zero-order chi connectivity index (χ0) is 19.4. The molecule has 27 heavy (non-hydrogen) atoms. The molecule has 1 saturated heterocycles. The van der Waals surface area contributed by atoms with Gasteiger partial charge in [0.2, 0.25) is 5.91 Å². The van der Waals surface area contributed by atoms with Crippen molar-refractivity contribution >= 4 is 34.9 Å². The van der Waals surface area contributed by atoms with E-state index in [0.717, 1.165) is 16.9 Å². The minimum atomic E-state index is -0.711. The van der Waals surface area contributed by atoms with Crippen molar-refractivity contribution in [2.75, 3.05) is 32.2 Å². The number of hydrogen-bond donors (Lipinski definition) is 1. The number of rotatable bonds is 5. The Morgan fingerprint density at radius 2 is 1.96 bits per heavy atom. The summed E-state index contributed by atoms with van der Waals surface area (Å²) in [5.41, 5.74) is 1.03. The second-order valence-electron chi connectivity index (χ2n) is 6.92. The SMILES string of the molecule is CN(C)c1ccc(CNC(=O)C2(c3ccc(Cl)cc3Cl)CCOCC2)cn1. The minimum Gasteiger partial charge on any atom is -0.381 e. The van der Waals surface area contributed by atoms with Gasteiger partial charge in [0.25, 0.3) is 0 Å². The number of ether oxygens (including phenoxy) is 1. The molecule has 2 aromatic rings. The molecule has 0 radical (unpaired) electrons. The summed E-state index contributed by atoms with van der Waals surface area (Å²) < 4.78 is 5.49. The molecule has 1 aromatic carbocycles. The normalized spacial score (nSPS) is 16.0. The summed E-state index contributed by atoms with van der Waals surface area (Å²) in [6, 6.07) is 9.21. The third-order valence-corrected chi connectivity index (χ3v) is 5.50. The first-order valence-electron chi connectivity index (χ1n) is 8.86. The summed E-state index contributed by atoms with van der Waals surface area (Å²) in [7, 11) is 3.88. The number of benzene rings is 1. The van der Waals surface area contributed by atoms with Gasteiger partial charge < -0.3 is 15.0 Å². The molecule has 3 rings (SSSR count). The van der Waals surface area contributed by atoms with Gasteiger partial charge in [0.05, 0.1) is 5.41 Å². The molecule has 0 bridgehead atoms. The van der Waals surface area contributed by atoms with Crippen molar-refractivity contribution in [3.63, 3.8) is 0 Å². The fourth-order valence-corrected chi connectivity index (χ4v) is 3.94. The smallest absolute Gasteiger partial charge is 0.231 e. The Labute approximate surface area is 169 Å². The summed E-state index contributed by atoms with van der Waals surface area (Å²) >= 11 is 12.5. The van der Waals surface area contributed by atoms with Crippen LogP contribution >= 0.6 is 23.2 Å². The zero-order valence-corrected chi connectivity index (χ0v) is 17.0. The Bertz CT molecular complexity index is 803. The van der Waals surface area contributed by atoms with Crippen LogP contribution in [-0.2, 0) is 21.5 Å². The number of halogens is 2. The highest BCUT2D eigenvalue weighted by Crippen LogP contribution is 2.40. The number of amides is 1. The summed E-state index contributed by atoms with van der Waals surface area (Å²) in [4.78, 5) is 19.5. The molecule has 1 amide bonds. The van der Waals surface area contributed by atoms with Crippen LogP contribution in [0.25, 0.3) is 0 Å². The molecule has 0 spiro atoms. The lowest BCUT2D eigenvalue weighted by Gasteiger charge is -2.36. The van der Waals surface area contributed by atoms with Gasteiger partial charge in [-0.05, 0) is 42.2 Å². The average Bonchev–Trinajstić information content (AvgIpc) is 2.67. The maximum absolute atomic E-state index is 13.2. The van der Waals surface area contributed by atoms with Crippen molar-refractivity contribution in [2.45, 2.75) is 24.8 Å². The predicted octanol–water partition coefficient (Wildman–Crippen LogP) is 3.82. The molecular formula is C20H23Cl2N3O2. The van der Waals surface area contributed by atoms with Crippen LogP contribution in [0.5, 0.6) is 0 Å². The van der Waals surface area contributed by atoms with Gasteiger partial charge in [-0.1, -0.05) is 35.3 Å². The van der Waals surface area contributed by atoms with Crippen LogP contribution in [0.4, 0.5) is 5.82 Å². The van der Waals surface area contributed by atoms with Crippen molar-refractivity contribution in [1.29, 1.82) is 0 Å². The van der Waals surface area contributed by atoms with E-state index in [0.29, 0.717) is 42.6 Å². The highest BCUT2D eigenvalue weighted by atomic mass is 35.5. The van der Waals surface area contributed by atoms with Gasteiger partial charge in [-0.2, -0.15) is 0 Å². The van der Waals surface area contributed by atoms with Crippen LogP contribution < -0.4 is 10.2 Å². The van der Waals surface area contributed by atoms with Crippen molar-refractivity contribution in [2.24, 2.45) is 0 Å². The van der Waals surface area contributed by atoms with Crippen LogP contribution in [0.1, 0.15) is 24.0 Å². The Morgan fingerprint density at radius 1 is 1.22 bits per heavy atom. The van der Waals surface area contributed by atoms with Crippen molar-refractivity contribution in [3.8, 4) is 0 Å². The molecule has 2 heterocycles. The first kappa shape index (κ1) is 19.9. The van der Waals surface area contributed by atoms with E-state index in [1.807, 2.05) is 37.2 Å². The second-order valence-corrected chi connectivity index (χ2v) is 7.76. The van der Waals surface area contributed by atoms with E-state index >= 15 is 0 Å². The van der Waals surface area contributed by atoms with E-state index in [2.05, 4.69) is 10.3 Å². The molecule has 0 saturated carbocycles. The molecule has 0 atom stereocenters. The molecule has 144 valence electrons. The van der Waals surface area contributed by atoms with Gasteiger partial charge >= 0.3 is 0 Å². The van der Waals surface area contributed by atoms with Crippen LogP contribution in [0.3, 0.4) is 0 Å². The highest BCUT2D eigenvalue weighted by molar-refractivity contribution is 6.35. The topological polar surface area (TPSA) is 54.5 Å². The lowest BCUT2D eigenvalue weighted by molar-refractivity contribution is -0.130. The molecule has 1 aliphatic heterocycles. The lowest BCUT2D eigenvalue weighted by atomic mass is 9.73. The number of carbonyl (C=O) groups is 1. The van der Waals surface area contributed by atoms with Crippen LogP contribution in [-0.4, -0.2) is 38.2 Å². The lowest BCUT2D eigenvalue weighted by Crippen LogP contribution is -2.48. The molecule has 0 unspecified atom stereocenters. The summed E-state index contributed by atoms with van der Waals surface area (Å²) in [6.45, 7) is 1.45. The maximum Gasteiger partial charge on any atom is 0.231 e. The second kappa shape index (κ2) is 8.46. The van der Waals surface area contributed by atoms with E-state index in [1.54, 1.807) is 18.3 Å². The molecule has 1 aromatic heterocycles. The van der Waals surface area contributed by atoms with Gasteiger partial charge in [0.15, 0.2) is 0 Å². The maximum atomic E-state index is 13.2. The third-order valence-electron chi connectivity index (χ3n) is 4.95. The predicted molar refractivity (Wildman–Crippen MR) is 109 cm³/mol. The van der Waals surface area contributed by atoms with Gasteiger partial charge in [0.1, 0.15) is 5.82 Å². The zero-order valence-electron chi connectivity index (χ0n) is 15.5. The number of nitrogens with zero attached hydrogens (tertiary/aromatic N) is 2. The fourth-order valence-electron chi connectivity index (χ4n) is 3.35. The highest BCUT2D eigenvalue weighted by Gasteiger charge is 2.42. The van der Waals surface area contributed by atoms with Gasteiger partial charge in [0, 0.05) is 50.1 Å².